The van der Waals surface area contributed by atoms with Crippen molar-refractivity contribution in [3.05, 3.63) is 0 Å². The summed E-state index contributed by atoms with van der Waals surface area (Å²) < 4.78 is 27.3. The van der Waals surface area contributed by atoms with Crippen molar-refractivity contribution >= 4 is 7.82 Å². The Labute approximate surface area is 123 Å². The Bertz CT molecular complexity index is 286. The van der Waals surface area contributed by atoms with Crippen molar-refractivity contribution in [2.45, 2.75) is 33.1 Å². The second-order valence-corrected chi connectivity index (χ2v) is 6.94. The highest BCUT2D eigenvalue weighted by Gasteiger charge is 2.23. The fourth-order valence-corrected chi connectivity index (χ4v) is 2.29. The highest BCUT2D eigenvalue weighted by Crippen LogP contribution is 2.42. The zero-order valence-corrected chi connectivity index (χ0v) is 14.2. The molecule has 0 rings (SSSR count). The third-order valence-electron chi connectivity index (χ3n) is 2.90. The predicted molar refractivity (Wildman–Crippen MR) is 79.6 cm³/mol. The fourth-order valence-electron chi connectivity index (χ4n) is 1.60. The van der Waals surface area contributed by atoms with Gasteiger partial charge in [-0.2, -0.15) is 0 Å². The van der Waals surface area contributed by atoms with E-state index in [2.05, 4.69) is 21.0 Å². The number of phosphoric ester groups is 1. The van der Waals surface area contributed by atoms with Crippen molar-refractivity contribution in [3.63, 3.8) is 0 Å². The average molecular weight is 312 g/mol. The van der Waals surface area contributed by atoms with E-state index in [0.29, 0.717) is 19.8 Å². The maximum Gasteiger partial charge on any atom is 0.472 e. The van der Waals surface area contributed by atoms with Gasteiger partial charge in [-0.1, -0.05) is 20.3 Å². The first kappa shape index (κ1) is 20.0. The van der Waals surface area contributed by atoms with Crippen LogP contribution in [0.3, 0.4) is 0 Å². The van der Waals surface area contributed by atoms with E-state index in [0.717, 1.165) is 30.3 Å². The van der Waals surface area contributed by atoms with Gasteiger partial charge in [0.1, 0.15) is 13.2 Å². The lowest BCUT2D eigenvalue weighted by Crippen LogP contribution is -2.42. The summed E-state index contributed by atoms with van der Waals surface area (Å²) in [7, 11) is 0.225. The maximum absolute atomic E-state index is 11.6. The van der Waals surface area contributed by atoms with E-state index in [1.165, 1.54) is 0 Å². The summed E-state index contributed by atoms with van der Waals surface area (Å²) in [6.45, 7) is 7.07. The number of hydrogen-bond donors (Lipinski definition) is 1. The average Bonchev–Trinajstić information content (AvgIpc) is 2.35. The predicted octanol–water partition coefficient (Wildman–Crippen LogP) is 2.42. The molecule has 1 unspecified atom stereocenters. The fraction of sp³-hybridized carbons (Fsp3) is 1.00. The van der Waals surface area contributed by atoms with Crippen LogP contribution in [0.1, 0.15) is 33.1 Å². The van der Waals surface area contributed by atoms with Gasteiger partial charge in [-0.3, -0.25) is 9.05 Å². The number of likely N-dealkylation sites (N-methyl/N-ethyl adjacent to an activating group) is 1. The maximum atomic E-state index is 11.6. The molecular weight excluding hydrogens is 281 g/mol. The molecule has 1 atom stereocenters. The summed E-state index contributed by atoms with van der Waals surface area (Å²) in [5.74, 6) is 0. The first-order chi connectivity index (χ1) is 9.33. The number of rotatable bonds is 13. The summed E-state index contributed by atoms with van der Waals surface area (Å²) in [5.41, 5.74) is 0. The van der Waals surface area contributed by atoms with Crippen LogP contribution in [0.2, 0.25) is 0 Å². The van der Waals surface area contributed by atoms with Gasteiger partial charge in [0.15, 0.2) is 0 Å². The standard InChI is InChI=1S/C13H30NO5P/c1-5-7-8-14(3,4)9-11-18-20(15,16)19-13-12-17-10-6-2/h5-13H2,1-4H3/p+1. The lowest BCUT2D eigenvalue weighted by molar-refractivity contribution is -0.890. The van der Waals surface area contributed by atoms with Crippen molar-refractivity contribution in [1.29, 1.82) is 0 Å². The molecule has 0 aromatic carbocycles. The van der Waals surface area contributed by atoms with Crippen LogP contribution < -0.4 is 0 Å². The number of quaternary nitrogens is 1. The normalized spacial score (nSPS) is 15.2. The van der Waals surface area contributed by atoms with Gasteiger partial charge in [0.2, 0.25) is 0 Å². The van der Waals surface area contributed by atoms with Crippen LogP contribution in [-0.2, 0) is 18.3 Å². The molecule has 0 saturated heterocycles. The molecule has 0 aromatic rings. The number of nitrogens with zero attached hydrogens (tertiary/aromatic N) is 1. The first-order valence-electron chi connectivity index (χ1n) is 7.34. The molecule has 0 fully saturated rings. The van der Waals surface area contributed by atoms with E-state index in [1.807, 2.05) is 6.92 Å². The van der Waals surface area contributed by atoms with Crippen molar-refractivity contribution in [2.75, 3.05) is 53.6 Å². The molecule has 0 aliphatic heterocycles. The summed E-state index contributed by atoms with van der Waals surface area (Å²) in [6, 6.07) is 0. The molecular formula is C13H31NO5P+. The quantitative estimate of drug-likeness (QED) is 0.321. The van der Waals surface area contributed by atoms with Gasteiger partial charge in [-0.25, -0.2) is 4.57 Å². The zero-order chi connectivity index (χ0) is 15.5. The van der Waals surface area contributed by atoms with Crippen molar-refractivity contribution < 1.29 is 27.7 Å². The van der Waals surface area contributed by atoms with Crippen LogP contribution in [0.15, 0.2) is 0 Å². The van der Waals surface area contributed by atoms with E-state index in [1.54, 1.807) is 0 Å². The van der Waals surface area contributed by atoms with Crippen LogP contribution in [0.4, 0.5) is 0 Å². The molecule has 0 radical (unpaired) electrons. The Morgan fingerprint density at radius 1 is 0.950 bits per heavy atom. The summed E-state index contributed by atoms with van der Waals surface area (Å²) in [6.07, 6.45) is 3.19. The second-order valence-electron chi connectivity index (χ2n) is 5.48. The van der Waals surface area contributed by atoms with Crippen LogP contribution in [-0.4, -0.2) is 63.0 Å². The molecule has 0 aromatic heterocycles. The molecule has 122 valence electrons. The van der Waals surface area contributed by atoms with Crippen molar-refractivity contribution in [2.24, 2.45) is 0 Å². The third kappa shape index (κ3) is 11.8. The number of ether oxygens (including phenoxy) is 1. The molecule has 0 aliphatic carbocycles. The highest BCUT2D eigenvalue weighted by atomic mass is 31.2. The van der Waals surface area contributed by atoms with Crippen molar-refractivity contribution in [1.82, 2.24) is 0 Å². The molecule has 1 N–H and O–H groups in total. The van der Waals surface area contributed by atoms with E-state index < -0.39 is 7.82 Å². The van der Waals surface area contributed by atoms with Gasteiger partial charge >= 0.3 is 7.82 Å². The zero-order valence-electron chi connectivity index (χ0n) is 13.3. The first-order valence-corrected chi connectivity index (χ1v) is 8.84. The minimum atomic E-state index is -3.94. The number of hydrogen-bond acceptors (Lipinski definition) is 4. The SMILES string of the molecule is CCCC[N+](C)(C)CCOP(=O)(O)OCCOCCC. The van der Waals surface area contributed by atoms with Crippen LogP contribution in [0.25, 0.3) is 0 Å². The number of phosphoric acid groups is 1. The van der Waals surface area contributed by atoms with E-state index in [4.69, 9.17) is 13.8 Å². The monoisotopic (exact) mass is 312 g/mol. The lowest BCUT2D eigenvalue weighted by Gasteiger charge is -2.29. The van der Waals surface area contributed by atoms with E-state index in [9.17, 15) is 9.46 Å². The van der Waals surface area contributed by atoms with Crippen LogP contribution >= 0.6 is 7.82 Å². The molecule has 0 bridgehead atoms. The molecule has 7 heteroatoms. The Kier molecular flexibility index (Phi) is 10.7. The Hall–Kier alpha value is 0.0300. The van der Waals surface area contributed by atoms with Crippen LogP contribution in [0.5, 0.6) is 0 Å². The Morgan fingerprint density at radius 2 is 1.60 bits per heavy atom. The molecule has 0 amide bonds. The summed E-state index contributed by atoms with van der Waals surface area (Å²) >= 11 is 0. The molecule has 0 spiro atoms. The Balaban J connectivity index is 3.78. The second kappa shape index (κ2) is 10.7. The summed E-state index contributed by atoms with van der Waals surface area (Å²) in [4.78, 5) is 9.49. The van der Waals surface area contributed by atoms with Gasteiger partial charge in [-0.15, -0.1) is 0 Å². The van der Waals surface area contributed by atoms with Gasteiger partial charge < -0.3 is 14.1 Å². The minimum Gasteiger partial charge on any atom is -0.379 e. The van der Waals surface area contributed by atoms with Crippen molar-refractivity contribution in [3.8, 4) is 0 Å². The Morgan fingerprint density at radius 3 is 2.20 bits per heavy atom. The van der Waals surface area contributed by atoms with E-state index >= 15 is 0 Å². The molecule has 6 nitrogen and oxygen atoms in total. The smallest absolute Gasteiger partial charge is 0.379 e. The largest absolute Gasteiger partial charge is 0.472 e. The molecule has 0 heterocycles. The molecule has 20 heavy (non-hydrogen) atoms. The van der Waals surface area contributed by atoms with Gasteiger partial charge in [0, 0.05) is 6.61 Å². The third-order valence-corrected chi connectivity index (χ3v) is 3.92. The van der Waals surface area contributed by atoms with Crippen LogP contribution in [0, 0.1) is 0 Å². The molecule has 0 aliphatic rings. The highest BCUT2D eigenvalue weighted by molar-refractivity contribution is 7.47. The minimum absolute atomic E-state index is 0.0713. The van der Waals surface area contributed by atoms with Gasteiger partial charge in [0.25, 0.3) is 0 Å². The topological polar surface area (TPSA) is 65.0 Å². The lowest BCUT2D eigenvalue weighted by atomic mass is 10.3. The van der Waals surface area contributed by atoms with E-state index in [-0.39, 0.29) is 13.2 Å². The summed E-state index contributed by atoms with van der Waals surface area (Å²) in [5, 5.41) is 0. The molecule has 0 saturated carbocycles. The number of unbranched alkanes of at least 4 members (excludes halogenated alkanes) is 1. The van der Waals surface area contributed by atoms with Gasteiger partial charge in [-0.05, 0) is 12.8 Å². The van der Waals surface area contributed by atoms with Gasteiger partial charge in [0.05, 0.1) is 33.9 Å².